The van der Waals surface area contributed by atoms with E-state index in [4.69, 9.17) is 15.2 Å². The lowest BCUT2D eigenvalue weighted by atomic mass is 9.98. The number of aromatic nitrogens is 1. The number of H-pyrrole nitrogens is 1. The van der Waals surface area contributed by atoms with E-state index in [-0.39, 0.29) is 25.9 Å². The number of esters is 1. The summed E-state index contributed by atoms with van der Waals surface area (Å²) in [6.07, 6.45) is 0.354. The van der Waals surface area contributed by atoms with Gasteiger partial charge < -0.3 is 41.0 Å². The van der Waals surface area contributed by atoms with E-state index in [0.717, 1.165) is 32.8 Å². The second kappa shape index (κ2) is 21.1. The van der Waals surface area contributed by atoms with Crippen LogP contribution in [0.2, 0.25) is 0 Å². The molecule has 5 aromatic carbocycles. The van der Waals surface area contributed by atoms with E-state index < -0.39 is 71.9 Å². The van der Waals surface area contributed by atoms with Crippen molar-refractivity contribution >= 4 is 57.4 Å². The van der Waals surface area contributed by atoms with Crippen molar-refractivity contribution in [2.75, 3.05) is 7.05 Å². The molecule has 0 aliphatic rings. The minimum atomic E-state index is -1.58. The molecule has 6 N–H and O–H groups in total. The summed E-state index contributed by atoms with van der Waals surface area (Å²) in [5, 5.41) is 10.7. The van der Waals surface area contributed by atoms with Gasteiger partial charge in [0.25, 0.3) is 0 Å². The zero-order chi connectivity index (χ0) is 45.8. The molecule has 0 radical (unpaired) electrons. The van der Waals surface area contributed by atoms with Crippen LogP contribution in [-0.4, -0.2) is 82.4 Å². The lowest BCUT2D eigenvalue weighted by Crippen LogP contribution is -2.59. The topological polar surface area (TPSA) is 202 Å². The number of alkyl carbamates (subject to hydrolysis) is 1. The normalized spacial score (nSPS) is 13.2. The number of amides is 5. The number of nitrogens with zero attached hydrogens (tertiary/aromatic N) is 1. The number of carbonyl (C=O) groups excluding carboxylic acids is 6. The van der Waals surface area contributed by atoms with Crippen LogP contribution in [0.25, 0.3) is 21.7 Å². The number of nitrogens with one attached hydrogen (secondary N) is 4. The third kappa shape index (κ3) is 12.6. The van der Waals surface area contributed by atoms with Crippen LogP contribution in [0, 0.1) is 0 Å². The summed E-state index contributed by atoms with van der Waals surface area (Å²) < 4.78 is 11.1. The fourth-order valence-electron chi connectivity index (χ4n) is 7.44. The first-order valence-corrected chi connectivity index (χ1v) is 21.1. The summed E-state index contributed by atoms with van der Waals surface area (Å²) in [4.78, 5) is 87.7. The minimum absolute atomic E-state index is 0.0149. The number of primary amides is 1. The molecule has 332 valence electrons. The number of hydrogen-bond donors (Lipinski definition) is 5. The molecule has 0 aliphatic heterocycles. The van der Waals surface area contributed by atoms with E-state index in [1.807, 2.05) is 78.9 Å². The maximum atomic E-state index is 14.7. The molecule has 0 saturated carbocycles. The smallest absolute Gasteiger partial charge is 0.408 e. The second-order valence-corrected chi connectivity index (χ2v) is 16.6. The van der Waals surface area contributed by atoms with Crippen molar-refractivity contribution in [2.24, 2.45) is 5.73 Å². The minimum Gasteiger partial charge on any atom is -0.461 e. The molecule has 1 heterocycles. The van der Waals surface area contributed by atoms with Gasteiger partial charge in [0.2, 0.25) is 23.6 Å². The monoisotopic (exact) mass is 866 g/mol. The van der Waals surface area contributed by atoms with Gasteiger partial charge in [-0.1, -0.05) is 121 Å². The number of aromatic amines is 1. The highest BCUT2D eigenvalue weighted by molar-refractivity contribution is 5.97. The van der Waals surface area contributed by atoms with Crippen LogP contribution >= 0.6 is 0 Å². The number of rotatable bonds is 18. The molecule has 14 heteroatoms. The molecule has 6 aromatic rings. The third-order valence-corrected chi connectivity index (χ3v) is 10.7. The van der Waals surface area contributed by atoms with Crippen molar-refractivity contribution in [2.45, 2.75) is 82.8 Å². The molecule has 6 rings (SSSR count). The first-order valence-electron chi connectivity index (χ1n) is 21.1. The zero-order valence-corrected chi connectivity index (χ0v) is 36.3. The predicted octanol–water partition coefficient (Wildman–Crippen LogP) is 5.66. The van der Waals surface area contributed by atoms with Crippen LogP contribution in [0.1, 0.15) is 49.4 Å². The number of nitrogens with two attached hydrogens (primary N) is 1. The van der Waals surface area contributed by atoms with Crippen molar-refractivity contribution in [1.29, 1.82) is 0 Å². The molecule has 0 saturated heterocycles. The Kier molecular flexibility index (Phi) is 15.1. The summed E-state index contributed by atoms with van der Waals surface area (Å²) in [7, 11) is 1.44. The second-order valence-electron chi connectivity index (χ2n) is 16.6. The summed E-state index contributed by atoms with van der Waals surface area (Å²) >= 11 is 0. The average Bonchev–Trinajstić information content (AvgIpc) is 3.68. The van der Waals surface area contributed by atoms with Gasteiger partial charge in [-0.3, -0.25) is 24.0 Å². The van der Waals surface area contributed by atoms with Crippen molar-refractivity contribution in [3.05, 3.63) is 156 Å². The molecule has 1 aromatic heterocycles. The molecule has 4 atom stereocenters. The van der Waals surface area contributed by atoms with Gasteiger partial charge in [0.15, 0.2) is 0 Å². The molecular formula is C50H54N6O8. The van der Waals surface area contributed by atoms with Gasteiger partial charge in [-0.15, -0.1) is 0 Å². The molecule has 0 fully saturated rings. The van der Waals surface area contributed by atoms with Crippen molar-refractivity contribution in [3.8, 4) is 0 Å². The first-order chi connectivity index (χ1) is 30.6. The van der Waals surface area contributed by atoms with E-state index in [2.05, 4.69) is 20.9 Å². The first kappa shape index (κ1) is 46.0. The SMILES string of the molecule is CN(C(=O)[C@H](Cc1c[nH]c2ccccc12)NC(=O)OC(C)(C)C)[C@@H](Cc1ccccc1)C(=O)N[C@@H](CC(=O)OCc1ccccc1)C(=O)N[C@@H](Cc1cccc2ccccc12)C(N)=O. The van der Waals surface area contributed by atoms with Gasteiger partial charge >= 0.3 is 12.1 Å². The van der Waals surface area contributed by atoms with Gasteiger partial charge in [0, 0.05) is 43.4 Å². The van der Waals surface area contributed by atoms with Gasteiger partial charge in [-0.25, -0.2) is 4.79 Å². The summed E-state index contributed by atoms with van der Waals surface area (Å²) in [6.45, 7) is 5.02. The van der Waals surface area contributed by atoms with Gasteiger partial charge in [0.1, 0.15) is 36.4 Å². The Bertz CT molecular complexity index is 2580. The van der Waals surface area contributed by atoms with E-state index in [0.29, 0.717) is 11.1 Å². The summed E-state index contributed by atoms with van der Waals surface area (Å²) in [6, 6.07) is 33.3. The molecule has 14 nitrogen and oxygen atoms in total. The molecule has 5 amide bonds. The Hall–Kier alpha value is -7.48. The van der Waals surface area contributed by atoms with Crippen molar-refractivity contribution in [1.82, 2.24) is 25.8 Å². The summed E-state index contributed by atoms with van der Waals surface area (Å²) in [5.41, 5.74) is 8.68. The lowest BCUT2D eigenvalue weighted by molar-refractivity contribution is -0.148. The fourth-order valence-corrected chi connectivity index (χ4v) is 7.44. The molecular weight excluding hydrogens is 813 g/mol. The fraction of sp³-hybridized carbons (Fsp3) is 0.280. The van der Waals surface area contributed by atoms with Gasteiger partial charge in [-0.05, 0) is 59.9 Å². The molecule has 0 aliphatic carbocycles. The Morgan fingerprint density at radius 1 is 0.641 bits per heavy atom. The quantitative estimate of drug-likeness (QED) is 0.0682. The zero-order valence-electron chi connectivity index (χ0n) is 36.3. The van der Waals surface area contributed by atoms with Crippen LogP contribution in [0.4, 0.5) is 4.79 Å². The largest absolute Gasteiger partial charge is 0.461 e. The third-order valence-electron chi connectivity index (χ3n) is 10.7. The van der Waals surface area contributed by atoms with Crippen molar-refractivity contribution in [3.63, 3.8) is 0 Å². The maximum Gasteiger partial charge on any atom is 0.408 e. The average molecular weight is 867 g/mol. The van der Waals surface area contributed by atoms with Crippen molar-refractivity contribution < 1.29 is 38.2 Å². The number of fused-ring (bicyclic) bond motifs is 2. The maximum absolute atomic E-state index is 14.7. The number of ether oxygens (including phenoxy) is 2. The molecule has 0 unspecified atom stereocenters. The Morgan fingerprint density at radius 2 is 1.23 bits per heavy atom. The predicted molar refractivity (Wildman–Crippen MR) is 243 cm³/mol. The number of carbonyl (C=O) groups is 6. The Labute approximate surface area is 371 Å². The van der Waals surface area contributed by atoms with Crippen LogP contribution in [0.5, 0.6) is 0 Å². The van der Waals surface area contributed by atoms with Gasteiger partial charge in [-0.2, -0.15) is 0 Å². The standard InChI is InChI=1S/C50H54N6O8/c1-50(2,3)64-49(62)55-42(28-36-30-52-39-25-14-13-24-38(36)39)48(61)56(4)43(26-32-16-7-5-8-17-32)47(60)54-41(29-44(57)63-31-33-18-9-6-10-19-33)46(59)53-40(45(51)58)27-35-22-15-21-34-20-11-12-23-37(34)35/h5-25,30,40-43,52H,26-29,31H2,1-4H3,(H2,51,58)(H,53,59)(H,54,60)(H,55,62)/t40-,41-,42-,43-/m0/s1. The van der Waals surface area contributed by atoms with Crippen LogP contribution in [0.15, 0.2) is 134 Å². The lowest BCUT2D eigenvalue weighted by Gasteiger charge is -2.32. The van der Waals surface area contributed by atoms with Crippen LogP contribution in [-0.2, 0) is 59.3 Å². The Morgan fingerprint density at radius 3 is 1.92 bits per heavy atom. The number of hydrogen-bond acceptors (Lipinski definition) is 8. The molecule has 0 bridgehead atoms. The Balaban J connectivity index is 1.29. The van der Waals surface area contributed by atoms with E-state index in [1.54, 1.807) is 75.5 Å². The van der Waals surface area contributed by atoms with Gasteiger partial charge in [0.05, 0.1) is 6.42 Å². The highest BCUT2D eigenvalue weighted by Crippen LogP contribution is 2.22. The molecule has 0 spiro atoms. The number of para-hydroxylation sites is 1. The van der Waals surface area contributed by atoms with E-state index in [9.17, 15) is 28.8 Å². The van der Waals surface area contributed by atoms with Crippen LogP contribution < -0.4 is 21.7 Å². The van der Waals surface area contributed by atoms with Crippen LogP contribution in [0.3, 0.4) is 0 Å². The highest BCUT2D eigenvalue weighted by Gasteiger charge is 2.37. The molecule has 64 heavy (non-hydrogen) atoms. The highest BCUT2D eigenvalue weighted by atomic mass is 16.6. The number of benzene rings is 5. The summed E-state index contributed by atoms with van der Waals surface area (Å²) in [5.74, 6) is -3.92. The number of likely N-dealkylation sites (N-methyl/N-ethyl adjacent to an activating group) is 1. The van der Waals surface area contributed by atoms with E-state index in [1.165, 1.54) is 11.9 Å². The van der Waals surface area contributed by atoms with E-state index >= 15 is 0 Å².